The number of halogens is 2. The average Bonchev–Trinajstić information content (AvgIpc) is 2.76. The highest BCUT2D eigenvalue weighted by molar-refractivity contribution is 9.10. The Labute approximate surface area is 102 Å². The van der Waals surface area contributed by atoms with Gasteiger partial charge in [-0.2, -0.15) is 0 Å². The predicted octanol–water partition coefficient (Wildman–Crippen LogP) is 3.21. The number of aromatic nitrogens is 1. The quantitative estimate of drug-likeness (QED) is 0.886. The fourth-order valence-electron chi connectivity index (χ4n) is 1.49. The number of nitrogens with one attached hydrogen (secondary N) is 2. The van der Waals surface area contributed by atoms with Crippen LogP contribution >= 0.6 is 15.9 Å². The maximum atomic E-state index is 13.4. The van der Waals surface area contributed by atoms with Gasteiger partial charge < -0.3 is 10.3 Å². The van der Waals surface area contributed by atoms with Gasteiger partial charge in [-0.15, -0.1) is 0 Å². The number of hydrogen-bond donors (Lipinski definition) is 2. The van der Waals surface area contributed by atoms with Crippen molar-refractivity contribution in [3.63, 3.8) is 0 Å². The standard InChI is InChI=1S/C12H12BrFN2/c13-10-3-4-12(14)9(6-10)7-15-8-11-2-1-5-16-11/h1-6,15-16H,7-8H2. The van der Waals surface area contributed by atoms with E-state index in [0.717, 1.165) is 10.2 Å². The molecule has 0 fully saturated rings. The molecule has 0 aliphatic heterocycles. The topological polar surface area (TPSA) is 27.8 Å². The molecule has 16 heavy (non-hydrogen) atoms. The summed E-state index contributed by atoms with van der Waals surface area (Å²) in [5.74, 6) is -0.179. The van der Waals surface area contributed by atoms with E-state index in [1.165, 1.54) is 6.07 Å². The first-order valence-corrected chi connectivity index (χ1v) is 5.82. The van der Waals surface area contributed by atoms with Crippen molar-refractivity contribution in [1.82, 2.24) is 10.3 Å². The maximum absolute atomic E-state index is 13.4. The Morgan fingerprint density at radius 3 is 2.88 bits per heavy atom. The molecule has 0 spiro atoms. The van der Waals surface area contributed by atoms with Crippen molar-refractivity contribution in [3.05, 3.63) is 58.1 Å². The van der Waals surface area contributed by atoms with Crippen LogP contribution in [0.1, 0.15) is 11.3 Å². The second-order valence-corrected chi connectivity index (χ2v) is 4.45. The Morgan fingerprint density at radius 2 is 2.12 bits per heavy atom. The maximum Gasteiger partial charge on any atom is 0.127 e. The predicted molar refractivity (Wildman–Crippen MR) is 65.4 cm³/mol. The molecule has 2 aromatic rings. The van der Waals surface area contributed by atoms with E-state index in [-0.39, 0.29) is 5.82 Å². The van der Waals surface area contributed by atoms with Gasteiger partial charge in [0.2, 0.25) is 0 Å². The summed E-state index contributed by atoms with van der Waals surface area (Å²) in [5, 5.41) is 3.18. The van der Waals surface area contributed by atoms with Gasteiger partial charge in [0.25, 0.3) is 0 Å². The third-order valence-electron chi connectivity index (χ3n) is 2.30. The van der Waals surface area contributed by atoms with Crippen LogP contribution in [-0.2, 0) is 13.1 Å². The lowest BCUT2D eigenvalue weighted by Crippen LogP contribution is -2.13. The molecule has 4 heteroatoms. The van der Waals surface area contributed by atoms with Crippen molar-refractivity contribution in [1.29, 1.82) is 0 Å². The van der Waals surface area contributed by atoms with Gasteiger partial charge in [-0.25, -0.2) is 4.39 Å². The zero-order chi connectivity index (χ0) is 11.4. The zero-order valence-corrected chi connectivity index (χ0v) is 10.2. The van der Waals surface area contributed by atoms with E-state index in [4.69, 9.17) is 0 Å². The molecule has 1 heterocycles. The first kappa shape index (κ1) is 11.4. The first-order valence-electron chi connectivity index (χ1n) is 5.02. The molecule has 84 valence electrons. The van der Waals surface area contributed by atoms with Gasteiger partial charge in [-0.05, 0) is 30.3 Å². The summed E-state index contributed by atoms with van der Waals surface area (Å²) in [7, 11) is 0. The van der Waals surface area contributed by atoms with Crippen LogP contribution in [0.25, 0.3) is 0 Å². The molecule has 2 N–H and O–H groups in total. The Bertz CT molecular complexity index is 454. The van der Waals surface area contributed by atoms with Gasteiger partial charge in [-0.1, -0.05) is 15.9 Å². The van der Waals surface area contributed by atoms with Crippen molar-refractivity contribution in [2.75, 3.05) is 0 Å². The Morgan fingerprint density at radius 1 is 1.25 bits per heavy atom. The third kappa shape index (κ3) is 2.93. The summed E-state index contributed by atoms with van der Waals surface area (Å²) in [6.07, 6.45) is 1.87. The average molecular weight is 283 g/mol. The summed E-state index contributed by atoms with van der Waals surface area (Å²) < 4.78 is 14.3. The van der Waals surface area contributed by atoms with Gasteiger partial charge >= 0.3 is 0 Å². The van der Waals surface area contributed by atoms with Crippen molar-refractivity contribution in [3.8, 4) is 0 Å². The highest BCUT2D eigenvalue weighted by Gasteiger charge is 2.02. The van der Waals surface area contributed by atoms with Crippen LogP contribution in [0.5, 0.6) is 0 Å². The Balaban J connectivity index is 1.92. The van der Waals surface area contributed by atoms with E-state index in [9.17, 15) is 4.39 Å². The summed E-state index contributed by atoms with van der Waals surface area (Å²) >= 11 is 3.33. The molecular weight excluding hydrogens is 271 g/mol. The Hall–Kier alpha value is -1.13. The summed E-state index contributed by atoms with van der Waals surface area (Å²) in [5.41, 5.74) is 1.76. The molecule has 1 aromatic heterocycles. The van der Waals surface area contributed by atoms with Crippen molar-refractivity contribution >= 4 is 15.9 Å². The summed E-state index contributed by atoms with van der Waals surface area (Å²) in [6.45, 7) is 1.23. The smallest absolute Gasteiger partial charge is 0.127 e. The minimum Gasteiger partial charge on any atom is -0.364 e. The summed E-state index contributed by atoms with van der Waals surface area (Å²) in [6, 6.07) is 8.89. The second kappa shape index (κ2) is 5.27. The van der Waals surface area contributed by atoms with Gasteiger partial charge in [0.05, 0.1) is 0 Å². The number of hydrogen-bond acceptors (Lipinski definition) is 1. The fraction of sp³-hybridized carbons (Fsp3) is 0.167. The lowest BCUT2D eigenvalue weighted by molar-refractivity contribution is 0.586. The van der Waals surface area contributed by atoms with Gasteiger partial charge in [-0.3, -0.25) is 0 Å². The molecule has 0 radical (unpaired) electrons. The van der Waals surface area contributed by atoms with E-state index < -0.39 is 0 Å². The second-order valence-electron chi connectivity index (χ2n) is 3.53. The van der Waals surface area contributed by atoms with Crippen molar-refractivity contribution < 1.29 is 4.39 Å². The van der Waals surface area contributed by atoms with Gasteiger partial charge in [0, 0.05) is 35.0 Å². The normalized spacial score (nSPS) is 10.6. The molecule has 0 unspecified atom stereocenters. The summed E-state index contributed by atoms with van der Waals surface area (Å²) in [4.78, 5) is 3.08. The number of benzene rings is 1. The molecule has 0 bridgehead atoms. The minimum absolute atomic E-state index is 0.179. The molecule has 0 aliphatic carbocycles. The van der Waals surface area contributed by atoms with E-state index in [0.29, 0.717) is 18.7 Å². The minimum atomic E-state index is -0.179. The molecule has 2 rings (SSSR count). The zero-order valence-electron chi connectivity index (χ0n) is 8.63. The lowest BCUT2D eigenvalue weighted by Gasteiger charge is -2.05. The molecule has 0 saturated carbocycles. The monoisotopic (exact) mass is 282 g/mol. The highest BCUT2D eigenvalue weighted by Crippen LogP contribution is 2.15. The third-order valence-corrected chi connectivity index (χ3v) is 2.79. The van der Waals surface area contributed by atoms with Crippen molar-refractivity contribution in [2.24, 2.45) is 0 Å². The van der Waals surface area contributed by atoms with Crippen molar-refractivity contribution in [2.45, 2.75) is 13.1 Å². The van der Waals surface area contributed by atoms with Gasteiger partial charge in [0.1, 0.15) is 5.82 Å². The van der Waals surface area contributed by atoms with Crippen LogP contribution in [0.2, 0.25) is 0 Å². The van der Waals surface area contributed by atoms with Gasteiger partial charge in [0.15, 0.2) is 0 Å². The lowest BCUT2D eigenvalue weighted by atomic mass is 10.2. The van der Waals surface area contributed by atoms with Crippen LogP contribution < -0.4 is 5.32 Å². The molecule has 0 amide bonds. The number of rotatable bonds is 4. The largest absolute Gasteiger partial charge is 0.364 e. The van der Waals surface area contributed by atoms with Crippen LogP contribution in [0.3, 0.4) is 0 Å². The number of H-pyrrole nitrogens is 1. The molecular formula is C12H12BrFN2. The molecule has 2 nitrogen and oxygen atoms in total. The molecule has 0 atom stereocenters. The SMILES string of the molecule is Fc1ccc(Br)cc1CNCc1ccc[nH]1. The van der Waals surface area contributed by atoms with E-state index >= 15 is 0 Å². The van der Waals surface area contributed by atoms with Crippen LogP contribution in [-0.4, -0.2) is 4.98 Å². The fourth-order valence-corrected chi connectivity index (χ4v) is 1.90. The van der Waals surface area contributed by atoms with Crippen LogP contribution in [0.4, 0.5) is 4.39 Å². The Kier molecular flexibility index (Phi) is 3.74. The first-order chi connectivity index (χ1) is 7.75. The van der Waals surface area contributed by atoms with E-state index in [1.54, 1.807) is 12.1 Å². The van der Waals surface area contributed by atoms with E-state index in [2.05, 4.69) is 26.2 Å². The number of aromatic amines is 1. The molecule has 1 aromatic carbocycles. The highest BCUT2D eigenvalue weighted by atomic mass is 79.9. The molecule has 0 saturated heterocycles. The van der Waals surface area contributed by atoms with Crippen LogP contribution in [0.15, 0.2) is 41.0 Å². The molecule has 0 aliphatic rings. The van der Waals surface area contributed by atoms with Crippen LogP contribution in [0, 0.1) is 5.82 Å². The van der Waals surface area contributed by atoms with E-state index in [1.807, 2.05) is 18.3 Å².